The number of hydrogen-bond acceptors (Lipinski definition) is 2. The third kappa shape index (κ3) is 4.27. The minimum absolute atomic E-state index is 0.636. The van der Waals surface area contributed by atoms with Crippen molar-refractivity contribution in [2.45, 2.75) is 31.7 Å². The topological polar surface area (TPSA) is 43.1 Å². The predicted molar refractivity (Wildman–Crippen MR) is 42.7 cm³/mol. The van der Waals surface area contributed by atoms with Crippen molar-refractivity contribution < 1.29 is 4.79 Å². The lowest BCUT2D eigenvalue weighted by Gasteiger charge is -2.15. The molecule has 0 aromatic rings. The number of unbranched alkanes of at least 4 members (excludes halogenated alkanes) is 1. The molecule has 1 unspecified atom stereocenters. The van der Waals surface area contributed by atoms with Crippen molar-refractivity contribution >= 4 is 6.29 Å². The van der Waals surface area contributed by atoms with Crippen molar-refractivity contribution in [3.8, 4) is 0 Å². The van der Waals surface area contributed by atoms with E-state index in [9.17, 15) is 4.79 Å². The van der Waals surface area contributed by atoms with Crippen LogP contribution < -0.4 is 5.73 Å². The molecule has 0 amide bonds. The first-order chi connectivity index (χ1) is 4.62. The number of nitrogens with two attached hydrogens (primary N) is 1. The van der Waals surface area contributed by atoms with Gasteiger partial charge < -0.3 is 10.5 Å². The van der Waals surface area contributed by atoms with Crippen LogP contribution in [0.4, 0.5) is 0 Å². The maximum atomic E-state index is 10.3. The van der Waals surface area contributed by atoms with E-state index in [1.165, 1.54) is 0 Å². The second-order valence-electron chi connectivity index (χ2n) is 2.80. The predicted octanol–water partition coefficient (Wildman–Crippen LogP) is 1.26. The van der Waals surface area contributed by atoms with Crippen LogP contribution in [0.5, 0.6) is 0 Å². The van der Waals surface area contributed by atoms with Gasteiger partial charge in [0.15, 0.2) is 0 Å². The van der Waals surface area contributed by atoms with Crippen molar-refractivity contribution in [1.29, 1.82) is 0 Å². The van der Waals surface area contributed by atoms with Crippen LogP contribution in [0.15, 0.2) is 12.7 Å². The zero-order valence-electron chi connectivity index (χ0n) is 6.47. The van der Waals surface area contributed by atoms with E-state index in [0.29, 0.717) is 0 Å². The van der Waals surface area contributed by atoms with Gasteiger partial charge in [0.1, 0.15) is 6.29 Å². The zero-order valence-corrected chi connectivity index (χ0v) is 6.47. The Balaban J connectivity index is 3.46. The summed E-state index contributed by atoms with van der Waals surface area (Å²) < 4.78 is 0. The van der Waals surface area contributed by atoms with Crippen LogP contribution in [0.3, 0.4) is 0 Å². The third-order valence-corrected chi connectivity index (χ3v) is 1.39. The molecular formula is C8H15NO. The summed E-state index contributed by atoms with van der Waals surface area (Å²) in [5, 5.41) is 0. The van der Waals surface area contributed by atoms with Crippen LogP contribution in [0.1, 0.15) is 26.2 Å². The Bertz CT molecular complexity index is 118. The van der Waals surface area contributed by atoms with Crippen molar-refractivity contribution in [2.75, 3.05) is 0 Å². The molecule has 0 saturated heterocycles. The Morgan fingerprint density at radius 1 is 1.70 bits per heavy atom. The fourth-order valence-electron chi connectivity index (χ4n) is 0.686. The van der Waals surface area contributed by atoms with E-state index in [1.54, 1.807) is 6.92 Å². The highest BCUT2D eigenvalue weighted by Gasteiger charge is 2.14. The molecule has 0 spiro atoms. The molecule has 1 atom stereocenters. The SMILES string of the molecule is C=CCCCC(C)(N)C=O. The molecule has 0 aromatic carbocycles. The molecule has 0 saturated carbocycles. The van der Waals surface area contributed by atoms with Crippen molar-refractivity contribution in [3.05, 3.63) is 12.7 Å². The Hall–Kier alpha value is -0.630. The molecule has 0 radical (unpaired) electrons. The minimum Gasteiger partial charge on any atom is -0.319 e. The van der Waals surface area contributed by atoms with Crippen molar-refractivity contribution in [1.82, 2.24) is 0 Å². The van der Waals surface area contributed by atoms with Gasteiger partial charge in [0.25, 0.3) is 0 Å². The molecule has 0 aliphatic heterocycles. The summed E-state index contributed by atoms with van der Waals surface area (Å²) in [6.45, 7) is 5.32. The number of carbonyl (C=O) groups is 1. The molecule has 0 rings (SSSR count). The maximum absolute atomic E-state index is 10.3. The van der Waals surface area contributed by atoms with Crippen LogP contribution in [0.25, 0.3) is 0 Å². The van der Waals surface area contributed by atoms with Crippen LogP contribution in [0.2, 0.25) is 0 Å². The first-order valence-corrected chi connectivity index (χ1v) is 3.48. The van der Waals surface area contributed by atoms with Crippen LogP contribution in [0, 0.1) is 0 Å². The molecule has 0 fully saturated rings. The van der Waals surface area contributed by atoms with E-state index in [2.05, 4.69) is 6.58 Å². The molecule has 0 aliphatic rings. The van der Waals surface area contributed by atoms with Gasteiger partial charge in [-0.1, -0.05) is 6.08 Å². The maximum Gasteiger partial charge on any atom is 0.139 e. The van der Waals surface area contributed by atoms with E-state index in [1.807, 2.05) is 6.08 Å². The van der Waals surface area contributed by atoms with Gasteiger partial charge in [-0.25, -0.2) is 0 Å². The number of carbonyl (C=O) groups excluding carboxylic acids is 1. The number of hydrogen-bond donors (Lipinski definition) is 1. The fourth-order valence-corrected chi connectivity index (χ4v) is 0.686. The Morgan fingerprint density at radius 3 is 2.70 bits per heavy atom. The van der Waals surface area contributed by atoms with E-state index in [0.717, 1.165) is 25.5 Å². The van der Waals surface area contributed by atoms with Gasteiger partial charge >= 0.3 is 0 Å². The lowest BCUT2D eigenvalue weighted by Crippen LogP contribution is -2.37. The van der Waals surface area contributed by atoms with E-state index in [4.69, 9.17) is 5.73 Å². The normalized spacial score (nSPS) is 15.8. The average molecular weight is 141 g/mol. The van der Waals surface area contributed by atoms with E-state index < -0.39 is 5.54 Å². The molecule has 0 aliphatic carbocycles. The lowest BCUT2D eigenvalue weighted by atomic mass is 9.98. The van der Waals surface area contributed by atoms with Gasteiger partial charge in [-0.3, -0.25) is 0 Å². The zero-order chi connectivity index (χ0) is 8.04. The van der Waals surface area contributed by atoms with Crippen LogP contribution in [-0.4, -0.2) is 11.8 Å². The van der Waals surface area contributed by atoms with Gasteiger partial charge in [-0.2, -0.15) is 0 Å². The molecule has 0 aromatic heterocycles. The Kier molecular flexibility index (Phi) is 3.96. The summed E-state index contributed by atoms with van der Waals surface area (Å²) >= 11 is 0. The Labute approximate surface area is 62.1 Å². The molecule has 2 heteroatoms. The molecule has 58 valence electrons. The highest BCUT2D eigenvalue weighted by Crippen LogP contribution is 2.07. The van der Waals surface area contributed by atoms with Crippen LogP contribution >= 0.6 is 0 Å². The largest absolute Gasteiger partial charge is 0.319 e. The van der Waals surface area contributed by atoms with Gasteiger partial charge in [-0.15, -0.1) is 6.58 Å². The lowest BCUT2D eigenvalue weighted by molar-refractivity contribution is -0.111. The van der Waals surface area contributed by atoms with E-state index >= 15 is 0 Å². The molecule has 10 heavy (non-hydrogen) atoms. The monoisotopic (exact) mass is 141 g/mol. The van der Waals surface area contributed by atoms with Gasteiger partial charge in [0, 0.05) is 0 Å². The van der Waals surface area contributed by atoms with Gasteiger partial charge in [-0.05, 0) is 26.2 Å². The Morgan fingerprint density at radius 2 is 2.30 bits per heavy atom. The van der Waals surface area contributed by atoms with Gasteiger partial charge in [0.2, 0.25) is 0 Å². The van der Waals surface area contributed by atoms with Gasteiger partial charge in [0.05, 0.1) is 5.54 Å². The van der Waals surface area contributed by atoms with Crippen molar-refractivity contribution in [2.24, 2.45) is 5.73 Å². The summed E-state index contributed by atoms with van der Waals surface area (Å²) in [5.41, 5.74) is 4.92. The number of allylic oxidation sites excluding steroid dienone is 1. The fraction of sp³-hybridized carbons (Fsp3) is 0.625. The summed E-state index contributed by atoms with van der Waals surface area (Å²) in [5.74, 6) is 0. The standard InChI is InChI=1S/C8H15NO/c1-3-4-5-6-8(2,9)7-10/h3,7H,1,4-6,9H2,2H3. The average Bonchev–Trinajstić information content (AvgIpc) is 1.89. The molecule has 2 nitrogen and oxygen atoms in total. The minimum atomic E-state index is -0.636. The second-order valence-corrected chi connectivity index (χ2v) is 2.80. The number of aldehydes is 1. The number of rotatable bonds is 5. The summed E-state index contributed by atoms with van der Waals surface area (Å²) in [7, 11) is 0. The summed E-state index contributed by atoms with van der Waals surface area (Å²) in [6, 6.07) is 0. The smallest absolute Gasteiger partial charge is 0.139 e. The second kappa shape index (κ2) is 4.23. The van der Waals surface area contributed by atoms with Crippen LogP contribution in [-0.2, 0) is 4.79 Å². The highest BCUT2D eigenvalue weighted by molar-refractivity contribution is 5.62. The summed E-state index contributed by atoms with van der Waals surface area (Å²) in [4.78, 5) is 10.3. The quantitative estimate of drug-likeness (QED) is 0.356. The molecule has 2 N–H and O–H groups in total. The molecule has 0 heterocycles. The molecule has 0 bridgehead atoms. The summed E-state index contributed by atoms with van der Waals surface area (Å²) in [6.07, 6.45) is 5.25. The molecular weight excluding hydrogens is 126 g/mol. The third-order valence-electron chi connectivity index (χ3n) is 1.39. The van der Waals surface area contributed by atoms with Crippen molar-refractivity contribution in [3.63, 3.8) is 0 Å². The van der Waals surface area contributed by atoms with E-state index in [-0.39, 0.29) is 0 Å². The first kappa shape index (κ1) is 9.37. The first-order valence-electron chi connectivity index (χ1n) is 3.48. The highest BCUT2D eigenvalue weighted by atomic mass is 16.1.